The highest BCUT2D eigenvalue weighted by Gasteiger charge is 2.35. The maximum absolute atomic E-state index is 12.3. The Labute approximate surface area is 103 Å². The minimum Gasteiger partial charge on any atom is -0.480 e. The molecule has 1 aliphatic rings. The van der Waals surface area contributed by atoms with Gasteiger partial charge in [0.2, 0.25) is 0 Å². The van der Waals surface area contributed by atoms with Crippen LogP contribution in [-0.4, -0.2) is 52.8 Å². The molecule has 0 bridgehead atoms. The minimum absolute atomic E-state index is 0.00441. The normalized spacial score (nSPS) is 19.9. The van der Waals surface area contributed by atoms with Crippen LogP contribution in [0.3, 0.4) is 0 Å². The van der Waals surface area contributed by atoms with E-state index in [1.807, 2.05) is 0 Å². The van der Waals surface area contributed by atoms with Gasteiger partial charge in [-0.25, -0.2) is 4.79 Å². The van der Waals surface area contributed by atoms with Gasteiger partial charge in [0.05, 0.1) is 18.9 Å². The molecular formula is C11H14N2O5. The number of aromatic nitrogens is 1. The summed E-state index contributed by atoms with van der Waals surface area (Å²) in [5.41, 5.74) is 0.802. The Morgan fingerprint density at radius 3 is 2.72 bits per heavy atom. The summed E-state index contributed by atoms with van der Waals surface area (Å²) < 4.78 is 10.0. The van der Waals surface area contributed by atoms with Crippen molar-refractivity contribution in [1.82, 2.24) is 10.1 Å². The smallest absolute Gasteiger partial charge is 0.328 e. The average Bonchev–Trinajstić information content (AvgIpc) is 2.68. The van der Waals surface area contributed by atoms with Crippen molar-refractivity contribution < 1.29 is 24.0 Å². The number of aryl methyl sites for hydroxylation is 2. The molecule has 1 atom stereocenters. The maximum atomic E-state index is 12.3. The Morgan fingerprint density at radius 1 is 1.44 bits per heavy atom. The monoisotopic (exact) mass is 254 g/mol. The summed E-state index contributed by atoms with van der Waals surface area (Å²) in [6, 6.07) is -0.958. The summed E-state index contributed by atoms with van der Waals surface area (Å²) in [6.45, 7) is 3.87. The molecule has 1 N–H and O–H groups in total. The van der Waals surface area contributed by atoms with Crippen LogP contribution in [-0.2, 0) is 9.53 Å². The molecule has 7 nitrogen and oxygen atoms in total. The van der Waals surface area contributed by atoms with Gasteiger partial charge in [-0.1, -0.05) is 5.16 Å². The molecule has 1 unspecified atom stereocenters. The Morgan fingerprint density at radius 2 is 2.17 bits per heavy atom. The molecule has 7 heteroatoms. The first kappa shape index (κ1) is 12.6. The van der Waals surface area contributed by atoms with E-state index in [1.54, 1.807) is 13.8 Å². The van der Waals surface area contributed by atoms with Crippen LogP contribution in [0.5, 0.6) is 0 Å². The van der Waals surface area contributed by atoms with E-state index in [0.29, 0.717) is 23.6 Å². The molecule has 0 aliphatic carbocycles. The summed E-state index contributed by atoms with van der Waals surface area (Å²) in [4.78, 5) is 24.7. The van der Waals surface area contributed by atoms with Crippen LogP contribution in [0, 0.1) is 13.8 Å². The molecule has 0 radical (unpaired) electrons. The van der Waals surface area contributed by atoms with Crippen LogP contribution >= 0.6 is 0 Å². The molecule has 1 aromatic rings. The number of amides is 1. The zero-order chi connectivity index (χ0) is 13.3. The first-order valence-electron chi connectivity index (χ1n) is 5.56. The Bertz CT molecular complexity index is 462. The van der Waals surface area contributed by atoms with Gasteiger partial charge >= 0.3 is 5.97 Å². The quantitative estimate of drug-likeness (QED) is 0.811. The zero-order valence-corrected chi connectivity index (χ0v) is 10.2. The van der Waals surface area contributed by atoms with Gasteiger partial charge in [-0.2, -0.15) is 0 Å². The fraction of sp³-hybridized carbons (Fsp3) is 0.545. The molecule has 0 spiro atoms. The first-order valence-corrected chi connectivity index (χ1v) is 5.56. The predicted molar refractivity (Wildman–Crippen MR) is 59.3 cm³/mol. The number of hydrogen-bond donors (Lipinski definition) is 1. The van der Waals surface area contributed by atoms with Crippen LogP contribution in [0.4, 0.5) is 0 Å². The average molecular weight is 254 g/mol. The lowest BCUT2D eigenvalue weighted by molar-refractivity contribution is -0.147. The van der Waals surface area contributed by atoms with Crippen LogP contribution in [0.15, 0.2) is 4.52 Å². The largest absolute Gasteiger partial charge is 0.480 e. The highest BCUT2D eigenvalue weighted by atomic mass is 16.5. The molecule has 98 valence electrons. The van der Waals surface area contributed by atoms with Gasteiger partial charge in [0, 0.05) is 6.54 Å². The summed E-state index contributed by atoms with van der Waals surface area (Å²) in [6.07, 6.45) is 0. The lowest BCUT2D eigenvalue weighted by atomic mass is 10.1. The van der Waals surface area contributed by atoms with Crippen molar-refractivity contribution in [3.05, 3.63) is 17.0 Å². The highest BCUT2D eigenvalue weighted by molar-refractivity contribution is 5.98. The number of aliphatic carboxylic acids is 1. The Balaban J connectivity index is 2.29. The number of morpholine rings is 1. The molecule has 1 amide bonds. The number of nitrogens with zero attached hydrogens (tertiary/aromatic N) is 2. The van der Waals surface area contributed by atoms with E-state index in [9.17, 15) is 9.59 Å². The summed E-state index contributed by atoms with van der Waals surface area (Å²) in [5, 5.41) is 12.8. The number of carboxylic acids is 1. The molecular weight excluding hydrogens is 240 g/mol. The Kier molecular flexibility index (Phi) is 3.33. The van der Waals surface area contributed by atoms with E-state index in [-0.39, 0.29) is 19.1 Å². The maximum Gasteiger partial charge on any atom is 0.328 e. The molecule has 0 saturated carbocycles. The molecule has 2 heterocycles. The van der Waals surface area contributed by atoms with Gasteiger partial charge in [0.1, 0.15) is 11.3 Å². The first-order chi connectivity index (χ1) is 8.52. The lowest BCUT2D eigenvalue weighted by Gasteiger charge is -2.32. The zero-order valence-electron chi connectivity index (χ0n) is 10.2. The summed E-state index contributed by atoms with van der Waals surface area (Å²) >= 11 is 0. The highest BCUT2D eigenvalue weighted by Crippen LogP contribution is 2.18. The molecule has 1 aliphatic heterocycles. The van der Waals surface area contributed by atoms with Crippen molar-refractivity contribution in [3.8, 4) is 0 Å². The summed E-state index contributed by atoms with van der Waals surface area (Å²) in [5.74, 6) is -1.05. The van der Waals surface area contributed by atoms with Crippen LogP contribution in [0.1, 0.15) is 21.8 Å². The van der Waals surface area contributed by atoms with Gasteiger partial charge in [-0.3, -0.25) is 4.79 Å². The number of carbonyl (C=O) groups excluding carboxylic acids is 1. The second-order valence-corrected chi connectivity index (χ2v) is 4.13. The van der Waals surface area contributed by atoms with Crippen molar-refractivity contribution in [2.75, 3.05) is 19.8 Å². The third kappa shape index (κ3) is 2.08. The molecule has 2 rings (SSSR count). The van der Waals surface area contributed by atoms with Gasteiger partial charge in [0.25, 0.3) is 5.91 Å². The third-order valence-corrected chi connectivity index (χ3v) is 2.92. The number of carbonyl (C=O) groups is 2. The lowest BCUT2D eigenvalue weighted by Crippen LogP contribution is -2.52. The van der Waals surface area contributed by atoms with Crippen LogP contribution < -0.4 is 0 Å². The van der Waals surface area contributed by atoms with Gasteiger partial charge < -0.3 is 19.3 Å². The minimum atomic E-state index is -1.07. The molecule has 0 aromatic carbocycles. The molecule has 1 fully saturated rings. The third-order valence-electron chi connectivity index (χ3n) is 2.92. The molecule has 1 saturated heterocycles. The number of rotatable bonds is 2. The number of hydrogen-bond acceptors (Lipinski definition) is 5. The summed E-state index contributed by atoms with van der Waals surface area (Å²) in [7, 11) is 0. The Hall–Kier alpha value is -1.89. The predicted octanol–water partition coefficient (Wildman–Crippen LogP) is 0.217. The van der Waals surface area contributed by atoms with Crippen molar-refractivity contribution in [1.29, 1.82) is 0 Å². The van der Waals surface area contributed by atoms with E-state index in [0.717, 1.165) is 0 Å². The van der Waals surface area contributed by atoms with E-state index in [1.165, 1.54) is 4.90 Å². The fourth-order valence-electron chi connectivity index (χ4n) is 1.98. The van der Waals surface area contributed by atoms with Gasteiger partial charge in [0.15, 0.2) is 6.04 Å². The van der Waals surface area contributed by atoms with E-state index >= 15 is 0 Å². The second kappa shape index (κ2) is 4.77. The van der Waals surface area contributed by atoms with E-state index < -0.39 is 12.0 Å². The SMILES string of the molecule is Cc1noc(C)c1C(=O)N1CCOCC1C(=O)O. The van der Waals surface area contributed by atoms with Crippen LogP contribution in [0.25, 0.3) is 0 Å². The molecule has 1 aromatic heterocycles. The van der Waals surface area contributed by atoms with E-state index in [2.05, 4.69) is 5.16 Å². The topological polar surface area (TPSA) is 92.9 Å². The number of carboxylic acid groups (broad SMARTS) is 1. The van der Waals surface area contributed by atoms with Gasteiger partial charge in [-0.15, -0.1) is 0 Å². The van der Waals surface area contributed by atoms with Crippen molar-refractivity contribution in [3.63, 3.8) is 0 Å². The fourth-order valence-corrected chi connectivity index (χ4v) is 1.98. The molecule has 18 heavy (non-hydrogen) atoms. The van der Waals surface area contributed by atoms with Gasteiger partial charge in [-0.05, 0) is 13.8 Å². The van der Waals surface area contributed by atoms with Crippen molar-refractivity contribution >= 4 is 11.9 Å². The van der Waals surface area contributed by atoms with Crippen LogP contribution in [0.2, 0.25) is 0 Å². The number of ether oxygens (including phenoxy) is 1. The standard InChI is InChI=1S/C11H14N2O5/c1-6-9(7(2)18-12-6)10(14)13-3-4-17-5-8(13)11(15)16/h8H,3-5H2,1-2H3,(H,15,16). The van der Waals surface area contributed by atoms with E-state index in [4.69, 9.17) is 14.4 Å². The second-order valence-electron chi connectivity index (χ2n) is 4.13. The van der Waals surface area contributed by atoms with Crippen molar-refractivity contribution in [2.45, 2.75) is 19.9 Å². The van der Waals surface area contributed by atoms with Crippen molar-refractivity contribution in [2.24, 2.45) is 0 Å².